The van der Waals surface area contributed by atoms with Crippen LogP contribution < -0.4 is 0 Å². The lowest BCUT2D eigenvalue weighted by molar-refractivity contribution is -0.131. The first-order valence-corrected chi connectivity index (χ1v) is 5.26. The number of aliphatic hydroxyl groups excluding tert-OH is 1. The highest BCUT2D eigenvalue weighted by Gasteiger charge is 2.39. The Morgan fingerprint density at radius 1 is 1.75 bits per heavy atom. The van der Waals surface area contributed by atoms with E-state index in [0.717, 1.165) is 4.90 Å². The number of amides is 2. The molecule has 5 heteroatoms. The van der Waals surface area contributed by atoms with Crippen molar-refractivity contribution >= 4 is 12.0 Å². The molecule has 1 rings (SSSR count). The molecule has 0 aromatic carbocycles. The van der Waals surface area contributed by atoms with Crippen molar-refractivity contribution in [1.82, 2.24) is 4.90 Å². The van der Waals surface area contributed by atoms with Crippen LogP contribution >= 0.6 is 0 Å². The van der Waals surface area contributed by atoms with Gasteiger partial charge in [0.05, 0.1) is 18.6 Å². The number of rotatable bonds is 4. The van der Waals surface area contributed by atoms with Crippen molar-refractivity contribution in [2.75, 3.05) is 6.61 Å². The summed E-state index contributed by atoms with van der Waals surface area (Å²) in [6, 6.07) is -0.239. The zero-order valence-electron chi connectivity index (χ0n) is 9.55. The van der Waals surface area contributed by atoms with Crippen LogP contribution in [-0.4, -0.2) is 40.8 Å². The summed E-state index contributed by atoms with van der Waals surface area (Å²) in [7, 11) is 0. The first kappa shape index (κ1) is 12.7. The summed E-state index contributed by atoms with van der Waals surface area (Å²) in [6.45, 7) is 7.43. The Bertz CT molecular complexity index is 300. The summed E-state index contributed by atoms with van der Waals surface area (Å²) >= 11 is 0. The second-order valence-corrected chi connectivity index (χ2v) is 4.16. The Morgan fingerprint density at radius 2 is 2.38 bits per heavy atom. The Labute approximate surface area is 94.7 Å². The Balaban J connectivity index is 2.71. The van der Waals surface area contributed by atoms with E-state index in [2.05, 4.69) is 6.58 Å². The number of hydrogen-bond donors (Lipinski definition) is 1. The van der Waals surface area contributed by atoms with Gasteiger partial charge >= 0.3 is 6.09 Å². The van der Waals surface area contributed by atoms with E-state index >= 15 is 0 Å². The number of carbonyl (C=O) groups excluding carboxylic acids is 2. The van der Waals surface area contributed by atoms with E-state index in [4.69, 9.17) is 4.74 Å². The molecule has 0 saturated carbocycles. The molecule has 1 aliphatic rings. The van der Waals surface area contributed by atoms with Crippen LogP contribution in [0.4, 0.5) is 4.79 Å². The molecule has 1 heterocycles. The third-order valence-corrected chi connectivity index (χ3v) is 2.60. The molecule has 2 amide bonds. The zero-order valence-corrected chi connectivity index (χ0v) is 9.55. The van der Waals surface area contributed by atoms with E-state index in [1.165, 1.54) is 6.08 Å². The zero-order chi connectivity index (χ0) is 12.3. The molecular weight excluding hydrogens is 210 g/mol. The highest BCUT2D eigenvalue weighted by atomic mass is 16.6. The van der Waals surface area contributed by atoms with Gasteiger partial charge in [-0.25, -0.2) is 9.69 Å². The van der Waals surface area contributed by atoms with Gasteiger partial charge in [0, 0.05) is 0 Å². The van der Waals surface area contributed by atoms with Crippen LogP contribution in [0.15, 0.2) is 12.7 Å². The van der Waals surface area contributed by atoms with Gasteiger partial charge in [-0.15, -0.1) is 6.58 Å². The normalized spacial score (nSPS) is 22.1. The molecule has 0 aromatic rings. The van der Waals surface area contributed by atoms with Crippen molar-refractivity contribution in [1.29, 1.82) is 0 Å². The molecule has 0 aromatic heterocycles. The Kier molecular flexibility index (Phi) is 4.06. The lowest BCUT2D eigenvalue weighted by Crippen LogP contribution is -2.42. The maximum atomic E-state index is 11.8. The minimum absolute atomic E-state index is 0.135. The largest absolute Gasteiger partial charge is 0.447 e. The van der Waals surface area contributed by atoms with Crippen LogP contribution in [0.2, 0.25) is 0 Å². The van der Waals surface area contributed by atoms with Crippen molar-refractivity contribution in [3.8, 4) is 0 Å². The molecule has 90 valence electrons. The molecule has 1 fully saturated rings. The van der Waals surface area contributed by atoms with Crippen LogP contribution in [0, 0.1) is 5.92 Å². The van der Waals surface area contributed by atoms with Crippen molar-refractivity contribution in [3.05, 3.63) is 12.7 Å². The van der Waals surface area contributed by atoms with Gasteiger partial charge in [0.25, 0.3) is 0 Å². The van der Waals surface area contributed by atoms with Gasteiger partial charge in [-0.05, 0) is 5.92 Å². The van der Waals surface area contributed by atoms with Crippen LogP contribution in [0.3, 0.4) is 0 Å². The number of ether oxygens (including phenoxy) is 1. The summed E-state index contributed by atoms with van der Waals surface area (Å²) in [5, 5.41) is 9.28. The highest BCUT2D eigenvalue weighted by molar-refractivity contribution is 5.93. The summed E-state index contributed by atoms with van der Waals surface area (Å²) in [4.78, 5) is 24.2. The van der Waals surface area contributed by atoms with Gasteiger partial charge in [0.1, 0.15) is 6.61 Å². The van der Waals surface area contributed by atoms with E-state index in [1.807, 2.05) is 13.8 Å². The quantitative estimate of drug-likeness (QED) is 0.725. The van der Waals surface area contributed by atoms with E-state index in [9.17, 15) is 14.7 Å². The number of hydrogen-bond acceptors (Lipinski definition) is 4. The van der Waals surface area contributed by atoms with Gasteiger partial charge in [0.15, 0.2) is 0 Å². The van der Waals surface area contributed by atoms with Crippen molar-refractivity contribution < 1.29 is 19.4 Å². The van der Waals surface area contributed by atoms with Gasteiger partial charge in [-0.3, -0.25) is 4.79 Å². The summed E-state index contributed by atoms with van der Waals surface area (Å²) in [5.41, 5.74) is 0. The topological polar surface area (TPSA) is 66.8 Å². The SMILES string of the molecule is C=C[C@@H](O)CC(=O)N1C(=O)OC[C@@H]1C(C)C. The summed E-state index contributed by atoms with van der Waals surface area (Å²) in [5.74, 6) is -0.287. The first-order chi connectivity index (χ1) is 7.47. The monoisotopic (exact) mass is 227 g/mol. The van der Waals surface area contributed by atoms with Crippen LogP contribution in [0.25, 0.3) is 0 Å². The standard InChI is InChI=1S/C11H17NO4/c1-4-8(13)5-10(14)12-9(7(2)3)6-16-11(12)15/h4,7-9,13H,1,5-6H2,2-3H3/t8-,9-/m1/s1. The molecule has 16 heavy (non-hydrogen) atoms. The summed E-state index contributed by atoms with van der Waals surface area (Å²) in [6.07, 6.45) is -0.417. The molecule has 1 saturated heterocycles. The fourth-order valence-electron chi connectivity index (χ4n) is 1.57. The van der Waals surface area contributed by atoms with Crippen LogP contribution in [-0.2, 0) is 9.53 Å². The van der Waals surface area contributed by atoms with Crippen LogP contribution in [0.1, 0.15) is 20.3 Å². The second kappa shape index (κ2) is 5.12. The average Bonchev–Trinajstić information content (AvgIpc) is 2.59. The lowest BCUT2D eigenvalue weighted by Gasteiger charge is -2.22. The van der Waals surface area contributed by atoms with Crippen molar-refractivity contribution in [2.24, 2.45) is 5.92 Å². The number of nitrogens with zero attached hydrogens (tertiary/aromatic N) is 1. The van der Waals surface area contributed by atoms with Gasteiger partial charge in [0.2, 0.25) is 5.91 Å². The third-order valence-electron chi connectivity index (χ3n) is 2.60. The van der Waals surface area contributed by atoms with Gasteiger partial charge in [-0.2, -0.15) is 0 Å². The molecular formula is C11H17NO4. The first-order valence-electron chi connectivity index (χ1n) is 5.26. The lowest BCUT2D eigenvalue weighted by atomic mass is 10.0. The maximum absolute atomic E-state index is 11.8. The molecule has 2 atom stereocenters. The van der Waals surface area contributed by atoms with Crippen molar-refractivity contribution in [2.45, 2.75) is 32.4 Å². The van der Waals surface area contributed by atoms with Gasteiger partial charge < -0.3 is 9.84 Å². The predicted molar refractivity (Wildman–Crippen MR) is 57.6 cm³/mol. The molecule has 0 unspecified atom stereocenters. The minimum atomic E-state index is -0.922. The van der Waals surface area contributed by atoms with Crippen molar-refractivity contribution in [3.63, 3.8) is 0 Å². The minimum Gasteiger partial charge on any atom is -0.447 e. The third kappa shape index (κ3) is 2.61. The molecule has 0 spiro atoms. The van der Waals surface area contributed by atoms with E-state index in [-0.39, 0.29) is 25.0 Å². The average molecular weight is 227 g/mol. The number of aliphatic hydroxyl groups is 1. The molecule has 0 radical (unpaired) electrons. The van der Waals surface area contributed by atoms with E-state index in [0.29, 0.717) is 0 Å². The number of imide groups is 1. The van der Waals surface area contributed by atoms with E-state index in [1.54, 1.807) is 0 Å². The molecule has 1 N–H and O–H groups in total. The smallest absolute Gasteiger partial charge is 0.416 e. The predicted octanol–water partition coefficient (Wildman–Crippen LogP) is 0.927. The Morgan fingerprint density at radius 3 is 2.88 bits per heavy atom. The summed E-state index contributed by atoms with van der Waals surface area (Å²) < 4.78 is 4.83. The Hall–Kier alpha value is -1.36. The van der Waals surface area contributed by atoms with Crippen LogP contribution in [0.5, 0.6) is 0 Å². The highest BCUT2D eigenvalue weighted by Crippen LogP contribution is 2.20. The van der Waals surface area contributed by atoms with E-state index < -0.39 is 18.1 Å². The molecule has 0 bridgehead atoms. The molecule has 5 nitrogen and oxygen atoms in total. The fourth-order valence-corrected chi connectivity index (χ4v) is 1.57. The maximum Gasteiger partial charge on any atom is 0.416 e. The molecule has 1 aliphatic heterocycles. The number of carbonyl (C=O) groups is 2. The molecule has 0 aliphatic carbocycles. The second-order valence-electron chi connectivity index (χ2n) is 4.16. The van der Waals surface area contributed by atoms with Gasteiger partial charge in [-0.1, -0.05) is 19.9 Å². The fraction of sp³-hybridized carbons (Fsp3) is 0.636. The number of cyclic esters (lactones) is 1.